The number of rotatable bonds is 2. The molecule has 0 bridgehead atoms. The summed E-state index contributed by atoms with van der Waals surface area (Å²) in [5, 5.41) is 2.61. The zero-order valence-corrected chi connectivity index (χ0v) is 9.96. The zero-order chi connectivity index (χ0) is 11.8. The first-order valence-corrected chi connectivity index (χ1v) is 6.00. The number of hydrogen-bond donors (Lipinski definition) is 1. The fourth-order valence-electron chi connectivity index (χ4n) is 2.56. The van der Waals surface area contributed by atoms with Crippen LogP contribution in [0.3, 0.4) is 0 Å². The number of aromatic nitrogens is 1. The number of aryl methyl sites for hydroxylation is 1. The second-order valence-electron chi connectivity index (χ2n) is 4.28. The van der Waals surface area contributed by atoms with Crippen molar-refractivity contribution in [1.29, 1.82) is 0 Å². The van der Waals surface area contributed by atoms with Crippen molar-refractivity contribution < 1.29 is 0 Å². The molecule has 1 heteroatoms. The summed E-state index contributed by atoms with van der Waals surface area (Å²) in [4.78, 5) is 3.52. The Kier molecular flexibility index (Phi) is 2.25. The van der Waals surface area contributed by atoms with Crippen molar-refractivity contribution in [3.63, 3.8) is 0 Å². The Morgan fingerprint density at radius 3 is 2.71 bits per heavy atom. The maximum Gasteiger partial charge on any atom is 0.0503 e. The van der Waals surface area contributed by atoms with Gasteiger partial charge in [-0.15, -0.1) is 0 Å². The van der Waals surface area contributed by atoms with Gasteiger partial charge in [0.05, 0.1) is 5.52 Å². The molecule has 3 aromatic rings. The highest BCUT2D eigenvalue weighted by molar-refractivity contribution is 6.08. The number of nitrogens with one attached hydrogen (secondary N) is 1. The highest BCUT2D eigenvalue weighted by Crippen LogP contribution is 2.30. The van der Waals surface area contributed by atoms with Gasteiger partial charge in [0.1, 0.15) is 0 Å². The molecule has 0 aliphatic rings. The molecular formula is C16H15N. The zero-order valence-electron chi connectivity index (χ0n) is 9.96. The van der Waals surface area contributed by atoms with Gasteiger partial charge in [0.25, 0.3) is 0 Å². The molecule has 0 amide bonds. The highest BCUT2D eigenvalue weighted by Gasteiger charge is 2.08. The largest absolute Gasteiger partial charge is 0.354 e. The second kappa shape index (κ2) is 3.77. The smallest absolute Gasteiger partial charge is 0.0503 e. The first kappa shape index (κ1) is 10.2. The Hall–Kier alpha value is -2.02. The predicted molar refractivity (Wildman–Crippen MR) is 75.3 cm³/mol. The molecule has 0 saturated carbocycles. The first-order valence-electron chi connectivity index (χ1n) is 6.00. The third-order valence-corrected chi connectivity index (χ3v) is 3.40. The molecule has 1 N–H and O–H groups in total. The van der Waals surface area contributed by atoms with Gasteiger partial charge in [-0.3, -0.25) is 0 Å². The number of hydrogen-bond acceptors (Lipinski definition) is 0. The molecule has 17 heavy (non-hydrogen) atoms. The first-order chi connectivity index (χ1) is 8.35. The molecule has 3 rings (SSSR count). The van der Waals surface area contributed by atoms with Crippen molar-refractivity contribution >= 4 is 27.9 Å². The third-order valence-electron chi connectivity index (χ3n) is 3.40. The summed E-state index contributed by atoms with van der Waals surface area (Å²) in [5.41, 5.74) is 5.05. The Labute approximate surface area is 101 Å². The van der Waals surface area contributed by atoms with Crippen LogP contribution in [0.15, 0.2) is 43.0 Å². The van der Waals surface area contributed by atoms with E-state index in [-0.39, 0.29) is 0 Å². The predicted octanol–water partition coefficient (Wildman–Crippen LogP) is 4.53. The van der Waals surface area contributed by atoms with E-state index < -0.39 is 0 Å². The molecule has 0 radical (unpaired) electrons. The standard InChI is InChI=1S/C16H15N/c1-3-11-9-10-14-13-7-5-6-8-15(13)17-16(14)12(11)4-2/h3,5-10,17H,1,4H2,2H3. The van der Waals surface area contributed by atoms with Gasteiger partial charge in [-0.1, -0.05) is 49.9 Å². The molecule has 0 aliphatic carbocycles. The van der Waals surface area contributed by atoms with Crippen LogP contribution < -0.4 is 0 Å². The number of benzene rings is 2. The lowest BCUT2D eigenvalue weighted by Crippen LogP contribution is -1.87. The number of fused-ring (bicyclic) bond motifs is 3. The molecule has 0 aliphatic heterocycles. The molecule has 1 heterocycles. The van der Waals surface area contributed by atoms with Crippen molar-refractivity contribution in [1.82, 2.24) is 4.98 Å². The lowest BCUT2D eigenvalue weighted by atomic mass is 10.0. The normalized spacial score (nSPS) is 11.1. The minimum Gasteiger partial charge on any atom is -0.354 e. The van der Waals surface area contributed by atoms with Gasteiger partial charge in [-0.05, 0) is 23.6 Å². The average molecular weight is 221 g/mol. The van der Waals surface area contributed by atoms with Crippen LogP contribution in [-0.2, 0) is 6.42 Å². The Morgan fingerprint density at radius 1 is 1.12 bits per heavy atom. The van der Waals surface area contributed by atoms with Crippen molar-refractivity contribution in [3.05, 3.63) is 54.1 Å². The van der Waals surface area contributed by atoms with Crippen LogP contribution in [0.2, 0.25) is 0 Å². The third kappa shape index (κ3) is 1.39. The van der Waals surface area contributed by atoms with Gasteiger partial charge in [-0.25, -0.2) is 0 Å². The minimum absolute atomic E-state index is 1.02. The van der Waals surface area contributed by atoms with E-state index >= 15 is 0 Å². The summed E-state index contributed by atoms with van der Waals surface area (Å²) < 4.78 is 0. The van der Waals surface area contributed by atoms with E-state index in [1.165, 1.54) is 32.9 Å². The highest BCUT2D eigenvalue weighted by atomic mass is 14.7. The van der Waals surface area contributed by atoms with E-state index in [1.807, 2.05) is 6.08 Å². The van der Waals surface area contributed by atoms with Gasteiger partial charge < -0.3 is 4.98 Å². The summed E-state index contributed by atoms with van der Waals surface area (Å²) in [6, 6.07) is 12.8. The molecule has 0 fully saturated rings. The summed E-state index contributed by atoms with van der Waals surface area (Å²) in [5.74, 6) is 0. The Balaban J connectivity index is 2.51. The summed E-state index contributed by atoms with van der Waals surface area (Å²) >= 11 is 0. The molecule has 0 atom stereocenters. The topological polar surface area (TPSA) is 15.8 Å². The minimum atomic E-state index is 1.02. The van der Waals surface area contributed by atoms with E-state index in [4.69, 9.17) is 0 Å². The lowest BCUT2D eigenvalue weighted by Gasteiger charge is -2.04. The van der Waals surface area contributed by atoms with Gasteiger partial charge in [0, 0.05) is 16.3 Å². The van der Waals surface area contributed by atoms with Gasteiger partial charge in [0.2, 0.25) is 0 Å². The molecule has 2 aromatic carbocycles. The number of para-hydroxylation sites is 1. The van der Waals surface area contributed by atoms with Crippen LogP contribution in [0, 0.1) is 0 Å². The second-order valence-corrected chi connectivity index (χ2v) is 4.28. The van der Waals surface area contributed by atoms with Crippen LogP contribution in [0.25, 0.3) is 27.9 Å². The van der Waals surface area contributed by atoms with E-state index in [9.17, 15) is 0 Å². The van der Waals surface area contributed by atoms with Crippen LogP contribution in [0.4, 0.5) is 0 Å². The summed E-state index contributed by atoms with van der Waals surface area (Å²) in [7, 11) is 0. The Morgan fingerprint density at radius 2 is 1.94 bits per heavy atom. The van der Waals surface area contributed by atoms with Gasteiger partial charge >= 0.3 is 0 Å². The maximum absolute atomic E-state index is 3.89. The Bertz CT molecular complexity index is 704. The number of H-pyrrole nitrogens is 1. The van der Waals surface area contributed by atoms with Crippen LogP contribution in [-0.4, -0.2) is 4.98 Å². The van der Waals surface area contributed by atoms with Crippen molar-refractivity contribution in [2.45, 2.75) is 13.3 Å². The number of aromatic amines is 1. The van der Waals surface area contributed by atoms with Crippen molar-refractivity contribution in [2.75, 3.05) is 0 Å². The van der Waals surface area contributed by atoms with Gasteiger partial charge in [-0.2, -0.15) is 0 Å². The maximum atomic E-state index is 3.89. The van der Waals surface area contributed by atoms with Crippen LogP contribution in [0.1, 0.15) is 18.1 Å². The SMILES string of the molecule is C=Cc1ccc2c([nH]c3ccccc32)c1CC. The summed E-state index contributed by atoms with van der Waals surface area (Å²) in [6.07, 6.45) is 2.95. The monoisotopic (exact) mass is 221 g/mol. The average Bonchev–Trinajstić information content (AvgIpc) is 2.75. The molecule has 84 valence electrons. The van der Waals surface area contributed by atoms with E-state index in [2.05, 4.69) is 54.9 Å². The molecule has 0 spiro atoms. The van der Waals surface area contributed by atoms with E-state index in [0.29, 0.717) is 0 Å². The van der Waals surface area contributed by atoms with Crippen molar-refractivity contribution in [3.8, 4) is 0 Å². The molecular weight excluding hydrogens is 206 g/mol. The molecule has 1 nitrogen and oxygen atoms in total. The van der Waals surface area contributed by atoms with E-state index in [1.54, 1.807) is 0 Å². The fraction of sp³-hybridized carbons (Fsp3) is 0.125. The van der Waals surface area contributed by atoms with Crippen LogP contribution >= 0.6 is 0 Å². The van der Waals surface area contributed by atoms with Crippen molar-refractivity contribution in [2.24, 2.45) is 0 Å². The quantitative estimate of drug-likeness (QED) is 0.654. The summed E-state index contributed by atoms with van der Waals surface area (Å²) in [6.45, 7) is 6.07. The van der Waals surface area contributed by atoms with Crippen LogP contribution in [0.5, 0.6) is 0 Å². The lowest BCUT2D eigenvalue weighted by molar-refractivity contribution is 1.14. The van der Waals surface area contributed by atoms with Gasteiger partial charge in [0.15, 0.2) is 0 Å². The fourth-order valence-corrected chi connectivity index (χ4v) is 2.56. The molecule has 0 unspecified atom stereocenters. The molecule has 1 aromatic heterocycles. The molecule has 0 saturated heterocycles. The van der Waals surface area contributed by atoms with E-state index in [0.717, 1.165) is 6.42 Å².